The van der Waals surface area contributed by atoms with Gasteiger partial charge in [-0.25, -0.2) is 0 Å². The van der Waals surface area contributed by atoms with E-state index in [9.17, 15) is 24.0 Å². The van der Waals surface area contributed by atoms with Crippen molar-refractivity contribution in [2.45, 2.75) is 34.1 Å². The lowest BCUT2D eigenvalue weighted by atomic mass is 10.0. The molecule has 0 saturated carbocycles. The molecule has 0 aliphatic rings. The van der Waals surface area contributed by atoms with Crippen molar-refractivity contribution in [1.82, 2.24) is 0 Å². The zero-order valence-electron chi connectivity index (χ0n) is 10.3. The van der Waals surface area contributed by atoms with Gasteiger partial charge in [0.25, 0.3) is 0 Å². The van der Waals surface area contributed by atoms with Gasteiger partial charge in [-0.15, -0.1) is 0 Å². The summed E-state index contributed by atoms with van der Waals surface area (Å²) in [7, 11) is 0. The molecular weight excluding hydrogens is 228 g/mol. The molecule has 0 rings (SSSR count). The summed E-state index contributed by atoms with van der Waals surface area (Å²) in [5.41, 5.74) is 0. The van der Waals surface area contributed by atoms with Gasteiger partial charge < -0.3 is 5.11 Å². The zero-order chi connectivity index (χ0) is 14.2. The molecule has 0 atom stereocenters. The molecule has 0 aromatic heterocycles. The molecule has 0 aromatic rings. The second-order valence-corrected chi connectivity index (χ2v) is 3.57. The summed E-state index contributed by atoms with van der Waals surface area (Å²) in [6.45, 7) is 4.98. The van der Waals surface area contributed by atoms with Crippen LogP contribution in [0.15, 0.2) is 0 Å². The quantitative estimate of drug-likeness (QED) is 0.702. The summed E-state index contributed by atoms with van der Waals surface area (Å²) < 4.78 is 0. The summed E-state index contributed by atoms with van der Waals surface area (Å²) in [5.74, 6) is -4.22. The Morgan fingerprint density at radius 2 is 1.12 bits per heavy atom. The first-order valence-electron chi connectivity index (χ1n) is 4.82. The fourth-order valence-corrected chi connectivity index (χ4v) is 0.985. The molecule has 1 N–H and O–H groups in total. The van der Waals surface area contributed by atoms with E-state index in [1.54, 1.807) is 0 Å². The fourth-order valence-electron chi connectivity index (χ4n) is 0.985. The van der Waals surface area contributed by atoms with E-state index >= 15 is 0 Å². The van der Waals surface area contributed by atoms with Gasteiger partial charge in [0.2, 0.25) is 0 Å². The van der Waals surface area contributed by atoms with Crippen LogP contribution in [0.5, 0.6) is 0 Å². The highest BCUT2D eigenvalue weighted by Gasteiger charge is 2.26. The third-order valence-corrected chi connectivity index (χ3v) is 1.56. The SMILES string of the molecule is CC(=O)C(C(C)=O)C(=O)O.CC(=O)CC(C)=O. The molecule has 0 bridgehead atoms. The Labute approximate surface area is 99.0 Å². The maximum atomic E-state index is 10.4. The van der Waals surface area contributed by atoms with Crippen LogP contribution in [0.1, 0.15) is 34.1 Å². The van der Waals surface area contributed by atoms with Crippen molar-refractivity contribution >= 4 is 29.1 Å². The predicted octanol–water partition coefficient (Wildman–Crippen LogP) is 0.420. The van der Waals surface area contributed by atoms with E-state index in [1.807, 2.05) is 0 Å². The lowest BCUT2D eigenvalue weighted by molar-refractivity contribution is -0.149. The Bertz CT molecular complexity index is 297. The molecule has 0 saturated heterocycles. The number of hydrogen-bond acceptors (Lipinski definition) is 5. The second-order valence-electron chi connectivity index (χ2n) is 3.57. The number of rotatable bonds is 5. The summed E-state index contributed by atoms with van der Waals surface area (Å²) in [5, 5.41) is 8.27. The van der Waals surface area contributed by atoms with Crippen LogP contribution in [-0.4, -0.2) is 34.2 Å². The van der Waals surface area contributed by atoms with Crippen LogP contribution < -0.4 is 0 Å². The Morgan fingerprint density at radius 1 is 0.824 bits per heavy atom. The van der Waals surface area contributed by atoms with Crippen molar-refractivity contribution in [3.05, 3.63) is 0 Å². The molecule has 0 aliphatic heterocycles. The minimum atomic E-state index is -1.47. The average molecular weight is 244 g/mol. The second kappa shape index (κ2) is 8.32. The van der Waals surface area contributed by atoms with Crippen molar-refractivity contribution in [3.63, 3.8) is 0 Å². The van der Waals surface area contributed by atoms with Crippen molar-refractivity contribution in [3.8, 4) is 0 Å². The van der Waals surface area contributed by atoms with Crippen molar-refractivity contribution in [1.29, 1.82) is 0 Å². The minimum absolute atomic E-state index is 0.0625. The van der Waals surface area contributed by atoms with Crippen LogP contribution >= 0.6 is 0 Å². The van der Waals surface area contributed by atoms with E-state index in [2.05, 4.69) is 0 Å². The Kier molecular flexibility index (Phi) is 8.58. The number of Topliss-reactive ketones (excluding diaryl/α,β-unsaturated/α-hetero) is 4. The van der Waals surface area contributed by atoms with Gasteiger partial charge in [-0.3, -0.25) is 24.0 Å². The molecule has 6 heteroatoms. The molecule has 17 heavy (non-hydrogen) atoms. The molecule has 0 spiro atoms. The molecule has 6 nitrogen and oxygen atoms in total. The maximum Gasteiger partial charge on any atom is 0.321 e. The van der Waals surface area contributed by atoms with Crippen molar-refractivity contribution < 1.29 is 29.1 Å². The standard InChI is InChI=1S/C6H8O4.C5H8O2/c1-3(7)5(4(2)8)6(9)10;1-4(6)3-5(2)7/h5H,1-2H3,(H,9,10);3H2,1-2H3. The Balaban J connectivity index is 0. The molecule has 0 heterocycles. The summed E-state index contributed by atoms with van der Waals surface area (Å²) in [4.78, 5) is 51.1. The van der Waals surface area contributed by atoms with E-state index < -0.39 is 23.5 Å². The highest BCUT2D eigenvalue weighted by Crippen LogP contribution is 1.99. The lowest BCUT2D eigenvalue weighted by Gasteiger charge is -2.01. The average Bonchev–Trinajstić information content (AvgIpc) is 1.97. The van der Waals surface area contributed by atoms with E-state index in [0.717, 1.165) is 13.8 Å². The first kappa shape index (κ1) is 17.5. The lowest BCUT2D eigenvalue weighted by Crippen LogP contribution is -2.27. The molecule has 0 unspecified atom stereocenters. The molecule has 0 aliphatic carbocycles. The number of carboxylic acids is 1. The number of carbonyl (C=O) groups is 5. The Hall–Kier alpha value is -1.85. The molecule has 0 fully saturated rings. The van der Waals surface area contributed by atoms with E-state index in [1.165, 1.54) is 13.8 Å². The molecule has 0 aromatic carbocycles. The molecule has 0 amide bonds. The number of hydrogen-bond donors (Lipinski definition) is 1. The van der Waals surface area contributed by atoms with E-state index in [0.29, 0.717) is 0 Å². The topological polar surface area (TPSA) is 106 Å². The van der Waals surface area contributed by atoms with E-state index in [4.69, 9.17) is 5.11 Å². The number of carboxylic acid groups (broad SMARTS) is 1. The normalized spacial score (nSPS) is 9.00. The third kappa shape index (κ3) is 10.4. The molecular formula is C11H16O6. The van der Waals surface area contributed by atoms with Crippen LogP contribution in [0.2, 0.25) is 0 Å². The summed E-state index contributed by atoms with van der Waals surface area (Å²) in [6.07, 6.45) is 0.0833. The van der Waals surface area contributed by atoms with Gasteiger partial charge >= 0.3 is 5.97 Å². The van der Waals surface area contributed by atoms with Gasteiger partial charge in [-0.1, -0.05) is 0 Å². The van der Waals surface area contributed by atoms with Gasteiger partial charge in [-0.2, -0.15) is 0 Å². The first-order valence-corrected chi connectivity index (χ1v) is 4.82. The molecule has 96 valence electrons. The predicted molar refractivity (Wildman–Crippen MR) is 58.5 cm³/mol. The summed E-state index contributed by atoms with van der Waals surface area (Å²) >= 11 is 0. The minimum Gasteiger partial charge on any atom is -0.480 e. The highest BCUT2D eigenvalue weighted by atomic mass is 16.4. The Morgan fingerprint density at radius 3 is 1.12 bits per heavy atom. The monoisotopic (exact) mass is 244 g/mol. The van der Waals surface area contributed by atoms with Crippen molar-refractivity contribution in [2.75, 3.05) is 0 Å². The van der Waals surface area contributed by atoms with Gasteiger partial charge in [-0.05, 0) is 27.7 Å². The number of ketones is 4. The molecule has 0 radical (unpaired) electrons. The van der Waals surface area contributed by atoms with Gasteiger partial charge in [0.05, 0.1) is 6.42 Å². The number of aliphatic carboxylic acids is 1. The zero-order valence-corrected chi connectivity index (χ0v) is 10.3. The largest absolute Gasteiger partial charge is 0.480 e. The van der Waals surface area contributed by atoms with Crippen LogP contribution in [0.3, 0.4) is 0 Å². The summed E-state index contributed by atoms with van der Waals surface area (Å²) in [6, 6.07) is 0. The maximum absolute atomic E-state index is 10.4. The highest BCUT2D eigenvalue weighted by molar-refractivity contribution is 6.15. The van der Waals surface area contributed by atoms with Gasteiger partial charge in [0.1, 0.15) is 11.6 Å². The van der Waals surface area contributed by atoms with Crippen LogP contribution in [0, 0.1) is 5.92 Å². The fraction of sp³-hybridized carbons (Fsp3) is 0.545. The first-order chi connectivity index (χ1) is 7.59. The number of carbonyl (C=O) groups excluding carboxylic acids is 4. The van der Waals surface area contributed by atoms with Gasteiger partial charge in [0.15, 0.2) is 17.5 Å². The van der Waals surface area contributed by atoms with E-state index in [-0.39, 0.29) is 18.0 Å². The van der Waals surface area contributed by atoms with Crippen LogP contribution in [-0.2, 0) is 24.0 Å². The van der Waals surface area contributed by atoms with Crippen molar-refractivity contribution in [2.24, 2.45) is 5.92 Å². The van der Waals surface area contributed by atoms with Crippen LogP contribution in [0.4, 0.5) is 0 Å². The smallest absolute Gasteiger partial charge is 0.321 e. The van der Waals surface area contributed by atoms with Gasteiger partial charge in [0, 0.05) is 0 Å². The van der Waals surface area contributed by atoms with Crippen LogP contribution in [0.25, 0.3) is 0 Å². The third-order valence-electron chi connectivity index (χ3n) is 1.56.